The van der Waals surface area contributed by atoms with Gasteiger partial charge in [0.05, 0.1) is 9.77 Å². The lowest BCUT2D eigenvalue weighted by Crippen LogP contribution is -2.44. The minimum atomic E-state index is -3.27. The van der Waals surface area contributed by atoms with E-state index in [2.05, 4.69) is 5.32 Å². The highest BCUT2D eigenvalue weighted by atomic mass is 32.2. The first-order chi connectivity index (χ1) is 11.4. The summed E-state index contributed by atoms with van der Waals surface area (Å²) in [5.74, 6) is -0.0885. The van der Waals surface area contributed by atoms with Crippen molar-refractivity contribution in [2.75, 3.05) is 24.7 Å². The maximum atomic E-state index is 12.7. The quantitative estimate of drug-likeness (QED) is 0.906. The van der Waals surface area contributed by atoms with Gasteiger partial charge in [-0.1, -0.05) is 18.2 Å². The molecule has 1 N–H and O–H groups in total. The summed E-state index contributed by atoms with van der Waals surface area (Å²) in [6, 6.07) is 11.6. The molecule has 5 nitrogen and oxygen atoms in total. The van der Waals surface area contributed by atoms with Crippen LogP contribution in [0, 0.1) is 0 Å². The Morgan fingerprint density at radius 1 is 1.29 bits per heavy atom. The minimum Gasteiger partial charge on any atom is -0.381 e. The van der Waals surface area contributed by atoms with Gasteiger partial charge in [0.25, 0.3) is 5.91 Å². The molecule has 1 aliphatic heterocycles. The number of anilines is 1. The number of hydrogen-bond acceptors (Lipinski definition) is 5. The molecule has 128 valence electrons. The molecule has 0 bridgehead atoms. The average Bonchev–Trinajstić information content (AvgIpc) is 3.06. The Morgan fingerprint density at radius 2 is 2.04 bits per heavy atom. The van der Waals surface area contributed by atoms with Gasteiger partial charge in [-0.3, -0.25) is 4.79 Å². The molecule has 1 aromatic heterocycles. The van der Waals surface area contributed by atoms with E-state index >= 15 is 0 Å². The third-order valence-electron chi connectivity index (χ3n) is 4.07. The second-order valence-corrected chi connectivity index (χ2v) is 8.95. The molecule has 0 aliphatic carbocycles. The van der Waals surface area contributed by atoms with Crippen LogP contribution in [0.25, 0.3) is 0 Å². The van der Waals surface area contributed by atoms with E-state index < -0.39 is 9.84 Å². The molecular weight excluding hydrogens is 344 g/mol. The van der Waals surface area contributed by atoms with Crippen LogP contribution < -0.4 is 5.32 Å². The van der Waals surface area contributed by atoms with Crippen molar-refractivity contribution in [3.8, 4) is 0 Å². The normalized spacial score (nSPS) is 18.4. The molecule has 24 heavy (non-hydrogen) atoms. The van der Waals surface area contributed by atoms with Gasteiger partial charge < -0.3 is 10.2 Å². The molecule has 3 rings (SSSR count). The highest BCUT2D eigenvalue weighted by molar-refractivity contribution is 7.90. The number of nitrogens with zero attached hydrogens (tertiary/aromatic N) is 1. The predicted molar refractivity (Wildman–Crippen MR) is 96.4 cm³/mol. The summed E-state index contributed by atoms with van der Waals surface area (Å²) >= 11 is 1.19. The monoisotopic (exact) mass is 364 g/mol. The van der Waals surface area contributed by atoms with E-state index in [1.807, 2.05) is 35.2 Å². The Balaban J connectivity index is 1.68. The van der Waals surface area contributed by atoms with Crippen LogP contribution in [0.4, 0.5) is 5.69 Å². The minimum absolute atomic E-state index is 0.0885. The number of likely N-dealkylation sites (tertiary alicyclic amines) is 1. The number of piperidine rings is 1. The van der Waals surface area contributed by atoms with Crippen molar-refractivity contribution in [3.63, 3.8) is 0 Å². The highest BCUT2D eigenvalue weighted by Crippen LogP contribution is 2.23. The van der Waals surface area contributed by atoms with E-state index in [1.165, 1.54) is 22.8 Å². The molecule has 1 atom stereocenters. The first kappa shape index (κ1) is 17.0. The Labute approximate surface area is 146 Å². The number of sulfone groups is 1. The van der Waals surface area contributed by atoms with Crippen molar-refractivity contribution in [2.45, 2.75) is 23.8 Å². The number of nitrogens with one attached hydrogen (secondary N) is 1. The number of hydrogen-bond donors (Lipinski definition) is 1. The first-order valence-corrected chi connectivity index (χ1v) is 10.6. The Morgan fingerprint density at radius 3 is 2.71 bits per heavy atom. The molecule has 1 saturated heterocycles. The van der Waals surface area contributed by atoms with Crippen molar-refractivity contribution in [3.05, 3.63) is 46.7 Å². The van der Waals surface area contributed by atoms with E-state index in [9.17, 15) is 13.2 Å². The second kappa shape index (κ2) is 6.94. The highest BCUT2D eigenvalue weighted by Gasteiger charge is 2.26. The number of carbonyl (C=O) groups excluding carboxylic acids is 1. The predicted octanol–water partition coefficient (Wildman–Crippen LogP) is 2.87. The average molecular weight is 364 g/mol. The summed E-state index contributed by atoms with van der Waals surface area (Å²) in [6.45, 7) is 1.33. The maximum Gasteiger partial charge on any atom is 0.264 e. The molecule has 1 unspecified atom stereocenters. The van der Waals surface area contributed by atoms with E-state index in [0.29, 0.717) is 18.0 Å². The van der Waals surface area contributed by atoms with Gasteiger partial charge in [0.1, 0.15) is 0 Å². The fraction of sp³-hybridized carbons (Fsp3) is 0.353. The third kappa shape index (κ3) is 3.96. The molecule has 7 heteroatoms. The SMILES string of the molecule is CS(=O)(=O)c1csc(C(=O)N2CCCC(Nc3ccccc3)C2)c1. The van der Waals surface area contributed by atoms with Crippen LogP contribution in [0.15, 0.2) is 46.7 Å². The van der Waals surface area contributed by atoms with Gasteiger partial charge in [-0.25, -0.2) is 8.42 Å². The van der Waals surface area contributed by atoms with Gasteiger partial charge >= 0.3 is 0 Å². The number of carbonyl (C=O) groups is 1. The summed E-state index contributed by atoms with van der Waals surface area (Å²) in [6.07, 6.45) is 3.10. The van der Waals surface area contributed by atoms with Gasteiger partial charge in [-0.15, -0.1) is 11.3 Å². The maximum absolute atomic E-state index is 12.7. The van der Waals surface area contributed by atoms with Gasteiger partial charge in [-0.05, 0) is 31.0 Å². The van der Waals surface area contributed by atoms with Crippen LogP contribution in [0.3, 0.4) is 0 Å². The fourth-order valence-corrected chi connectivity index (χ4v) is 4.82. The van der Waals surface area contributed by atoms with Crippen LogP contribution in [-0.2, 0) is 9.84 Å². The van der Waals surface area contributed by atoms with Crippen LogP contribution in [0.2, 0.25) is 0 Å². The molecule has 1 fully saturated rings. The topological polar surface area (TPSA) is 66.5 Å². The lowest BCUT2D eigenvalue weighted by atomic mass is 10.0. The molecule has 0 saturated carbocycles. The standard InChI is InChI=1S/C17H20N2O3S2/c1-24(21,22)15-10-16(23-12-15)17(20)19-9-5-8-14(11-19)18-13-6-3-2-4-7-13/h2-4,6-7,10,12,14,18H,5,8-9,11H2,1H3. The van der Waals surface area contributed by atoms with E-state index in [0.717, 1.165) is 24.8 Å². The van der Waals surface area contributed by atoms with E-state index in [1.54, 1.807) is 0 Å². The summed E-state index contributed by atoms with van der Waals surface area (Å²) in [5, 5.41) is 4.99. The molecule has 2 heterocycles. The zero-order valence-electron chi connectivity index (χ0n) is 13.4. The fourth-order valence-electron chi connectivity index (χ4n) is 2.83. The van der Waals surface area contributed by atoms with Crippen molar-refractivity contribution in [1.29, 1.82) is 0 Å². The van der Waals surface area contributed by atoms with Gasteiger partial charge in [-0.2, -0.15) is 0 Å². The van der Waals surface area contributed by atoms with E-state index in [-0.39, 0.29) is 16.8 Å². The van der Waals surface area contributed by atoms with Crippen molar-refractivity contribution in [2.24, 2.45) is 0 Å². The van der Waals surface area contributed by atoms with Gasteiger partial charge in [0.2, 0.25) is 0 Å². The lowest BCUT2D eigenvalue weighted by Gasteiger charge is -2.33. The number of benzene rings is 1. The largest absolute Gasteiger partial charge is 0.381 e. The third-order valence-corrected chi connectivity index (χ3v) is 6.23. The van der Waals surface area contributed by atoms with Crippen LogP contribution in [0.5, 0.6) is 0 Å². The molecule has 1 aliphatic rings. The van der Waals surface area contributed by atoms with Crippen molar-refractivity contribution < 1.29 is 13.2 Å². The molecule has 0 spiro atoms. The van der Waals surface area contributed by atoms with Crippen molar-refractivity contribution >= 4 is 32.8 Å². The number of thiophene rings is 1. The Hall–Kier alpha value is -1.86. The molecular formula is C17H20N2O3S2. The van der Waals surface area contributed by atoms with Crippen LogP contribution in [-0.4, -0.2) is 44.6 Å². The van der Waals surface area contributed by atoms with Crippen LogP contribution >= 0.6 is 11.3 Å². The summed E-state index contributed by atoms with van der Waals surface area (Å²) in [7, 11) is -3.27. The van der Waals surface area contributed by atoms with Gasteiger partial charge in [0, 0.05) is 36.5 Å². The zero-order chi connectivity index (χ0) is 17.2. The van der Waals surface area contributed by atoms with Gasteiger partial charge in [0.15, 0.2) is 9.84 Å². The second-order valence-electron chi connectivity index (χ2n) is 6.02. The Kier molecular flexibility index (Phi) is 4.91. The summed E-state index contributed by atoms with van der Waals surface area (Å²) in [5.41, 5.74) is 1.05. The molecule has 2 aromatic rings. The number of para-hydroxylation sites is 1. The summed E-state index contributed by atoms with van der Waals surface area (Å²) in [4.78, 5) is 15.2. The van der Waals surface area contributed by atoms with Crippen molar-refractivity contribution in [1.82, 2.24) is 4.90 Å². The first-order valence-electron chi connectivity index (χ1n) is 7.83. The van der Waals surface area contributed by atoms with E-state index in [4.69, 9.17) is 0 Å². The smallest absolute Gasteiger partial charge is 0.264 e. The zero-order valence-corrected chi connectivity index (χ0v) is 15.1. The number of rotatable bonds is 4. The molecule has 1 aromatic carbocycles. The molecule has 0 radical (unpaired) electrons. The van der Waals surface area contributed by atoms with Crippen LogP contribution in [0.1, 0.15) is 22.5 Å². The lowest BCUT2D eigenvalue weighted by molar-refractivity contribution is 0.0719. The number of amides is 1. The summed E-state index contributed by atoms with van der Waals surface area (Å²) < 4.78 is 23.1. The molecule has 1 amide bonds. The Bertz CT molecular complexity index is 815.